The number of anilines is 1. The Balaban J connectivity index is 1.92. The maximum atomic E-state index is 13.5. The van der Waals surface area contributed by atoms with E-state index in [-0.39, 0.29) is 12.3 Å². The van der Waals surface area contributed by atoms with Crippen molar-refractivity contribution in [3.63, 3.8) is 0 Å². The fraction of sp³-hybridized carbons (Fsp3) is 0.0714. The van der Waals surface area contributed by atoms with Crippen molar-refractivity contribution in [2.75, 3.05) is 11.9 Å². The summed E-state index contributed by atoms with van der Waals surface area (Å²) < 4.78 is 19.6. The lowest BCUT2D eigenvalue weighted by Crippen LogP contribution is -2.20. The Morgan fingerprint density at radius 2 is 1.95 bits per heavy atom. The molecule has 0 saturated heterocycles. The van der Waals surface area contributed by atoms with Gasteiger partial charge in [-0.25, -0.2) is 4.39 Å². The van der Waals surface area contributed by atoms with E-state index in [0.717, 1.165) is 4.47 Å². The summed E-state index contributed by atoms with van der Waals surface area (Å²) in [7, 11) is 0. The molecule has 2 aromatic rings. The van der Waals surface area contributed by atoms with Gasteiger partial charge in [0.15, 0.2) is 18.2 Å². The zero-order valence-electron chi connectivity index (χ0n) is 10.3. The minimum absolute atomic E-state index is 0.0885. The molecular formula is C14H11BrFNO3. The third-order valence-electron chi connectivity index (χ3n) is 2.44. The van der Waals surface area contributed by atoms with Gasteiger partial charge in [0.2, 0.25) is 0 Å². The lowest BCUT2D eigenvalue weighted by atomic mass is 10.3. The highest BCUT2D eigenvalue weighted by atomic mass is 79.9. The molecule has 0 fully saturated rings. The Bertz CT molecular complexity index is 616. The fourth-order valence-corrected chi connectivity index (χ4v) is 1.75. The van der Waals surface area contributed by atoms with E-state index >= 15 is 0 Å². The van der Waals surface area contributed by atoms with Crippen molar-refractivity contribution >= 4 is 27.5 Å². The van der Waals surface area contributed by atoms with Crippen LogP contribution in [0.2, 0.25) is 0 Å². The molecule has 4 nitrogen and oxygen atoms in total. The van der Waals surface area contributed by atoms with Gasteiger partial charge in [-0.3, -0.25) is 4.79 Å². The van der Waals surface area contributed by atoms with Gasteiger partial charge in [-0.1, -0.05) is 22.0 Å². The first-order chi connectivity index (χ1) is 9.56. The molecule has 0 aliphatic rings. The molecule has 0 unspecified atom stereocenters. The minimum Gasteiger partial charge on any atom is -0.505 e. The molecular weight excluding hydrogens is 329 g/mol. The predicted molar refractivity (Wildman–Crippen MR) is 76.3 cm³/mol. The van der Waals surface area contributed by atoms with E-state index in [1.54, 1.807) is 24.3 Å². The molecule has 0 aromatic heterocycles. The van der Waals surface area contributed by atoms with Gasteiger partial charge in [0, 0.05) is 4.47 Å². The molecule has 104 valence electrons. The van der Waals surface area contributed by atoms with Gasteiger partial charge < -0.3 is 15.2 Å². The first kappa shape index (κ1) is 14.3. The first-order valence-corrected chi connectivity index (χ1v) is 6.51. The average molecular weight is 340 g/mol. The Labute approximate surface area is 123 Å². The Kier molecular flexibility index (Phi) is 4.57. The van der Waals surface area contributed by atoms with Crippen LogP contribution in [-0.2, 0) is 4.79 Å². The first-order valence-electron chi connectivity index (χ1n) is 5.72. The molecule has 0 aliphatic heterocycles. The number of hydrogen-bond acceptors (Lipinski definition) is 3. The van der Waals surface area contributed by atoms with E-state index in [4.69, 9.17) is 4.74 Å². The number of halogens is 2. The lowest BCUT2D eigenvalue weighted by molar-refractivity contribution is -0.118. The van der Waals surface area contributed by atoms with Crippen LogP contribution in [0.5, 0.6) is 11.5 Å². The smallest absolute Gasteiger partial charge is 0.262 e. The van der Waals surface area contributed by atoms with Crippen LogP contribution in [0.15, 0.2) is 46.9 Å². The van der Waals surface area contributed by atoms with Crippen molar-refractivity contribution < 1.29 is 19.0 Å². The van der Waals surface area contributed by atoms with Crippen molar-refractivity contribution in [1.82, 2.24) is 0 Å². The summed E-state index contributed by atoms with van der Waals surface area (Å²) in [5, 5.41) is 11.5. The number of phenols is 1. The molecule has 0 aliphatic carbocycles. The second kappa shape index (κ2) is 6.38. The number of nitrogens with one attached hydrogen (secondary N) is 1. The van der Waals surface area contributed by atoms with E-state index in [2.05, 4.69) is 21.2 Å². The zero-order chi connectivity index (χ0) is 14.5. The Morgan fingerprint density at radius 1 is 1.25 bits per heavy atom. The maximum Gasteiger partial charge on any atom is 0.262 e. The molecule has 6 heteroatoms. The van der Waals surface area contributed by atoms with Crippen LogP contribution < -0.4 is 10.1 Å². The maximum absolute atomic E-state index is 13.5. The van der Waals surface area contributed by atoms with Gasteiger partial charge >= 0.3 is 0 Å². The van der Waals surface area contributed by atoms with Crippen LogP contribution >= 0.6 is 15.9 Å². The van der Waals surface area contributed by atoms with Crippen molar-refractivity contribution in [3.05, 3.63) is 52.8 Å². The van der Waals surface area contributed by atoms with E-state index in [1.165, 1.54) is 18.2 Å². The largest absolute Gasteiger partial charge is 0.505 e. The summed E-state index contributed by atoms with van der Waals surface area (Å²) in [6.07, 6.45) is 0. The molecule has 2 aromatic carbocycles. The van der Waals surface area contributed by atoms with E-state index in [9.17, 15) is 14.3 Å². The van der Waals surface area contributed by atoms with Crippen molar-refractivity contribution in [2.45, 2.75) is 0 Å². The van der Waals surface area contributed by atoms with Gasteiger partial charge in [0.1, 0.15) is 5.75 Å². The second-order valence-electron chi connectivity index (χ2n) is 3.93. The van der Waals surface area contributed by atoms with Crippen LogP contribution in [-0.4, -0.2) is 17.6 Å². The van der Waals surface area contributed by atoms with E-state index < -0.39 is 17.5 Å². The lowest BCUT2D eigenvalue weighted by Gasteiger charge is -2.08. The van der Waals surface area contributed by atoms with Crippen LogP contribution in [0.1, 0.15) is 0 Å². The summed E-state index contributed by atoms with van der Waals surface area (Å²) in [6.45, 7) is -0.253. The molecule has 20 heavy (non-hydrogen) atoms. The number of rotatable bonds is 4. The van der Waals surface area contributed by atoms with E-state index in [0.29, 0.717) is 5.75 Å². The number of phenolic OH excluding ortho intramolecular Hbond substituents is 1. The predicted octanol–water partition coefficient (Wildman–Crippen LogP) is 3.31. The summed E-state index contributed by atoms with van der Waals surface area (Å²) >= 11 is 3.28. The quantitative estimate of drug-likeness (QED) is 0.898. The molecule has 0 heterocycles. The Morgan fingerprint density at radius 3 is 2.65 bits per heavy atom. The third kappa shape index (κ3) is 3.71. The highest BCUT2D eigenvalue weighted by Gasteiger charge is 2.10. The Hall–Kier alpha value is -2.08. The number of hydrogen-bond donors (Lipinski definition) is 2. The van der Waals surface area contributed by atoms with Gasteiger partial charge in [-0.15, -0.1) is 0 Å². The number of carbonyl (C=O) groups excluding carboxylic acids is 1. The van der Waals surface area contributed by atoms with Gasteiger partial charge in [0.05, 0.1) is 5.69 Å². The molecule has 0 radical (unpaired) electrons. The number of aromatic hydroxyl groups is 1. The monoisotopic (exact) mass is 339 g/mol. The van der Waals surface area contributed by atoms with Crippen LogP contribution in [0.4, 0.5) is 10.1 Å². The fourth-order valence-electron chi connectivity index (χ4n) is 1.48. The average Bonchev–Trinajstić information content (AvgIpc) is 2.43. The summed E-state index contributed by atoms with van der Waals surface area (Å²) in [4.78, 5) is 11.6. The topological polar surface area (TPSA) is 58.6 Å². The number of benzene rings is 2. The molecule has 0 saturated carbocycles. The van der Waals surface area contributed by atoms with Crippen LogP contribution in [0.3, 0.4) is 0 Å². The van der Waals surface area contributed by atoms with Crippen molar-refractivity contribution in [3.8, 4) is 11.5 Å². The number of amides is 1. The third-order valence-corrected chi connectivity index (χ3v) is 2.96. The van der Waals surface area contributed by atoms with Crippen LogP contribution in [0, 0.1) is 5.82 Å². The molecule has 0 bridgehead atoms. The molecule has 0 spiro atoms. The standard InChI is InChI=1S/C14H11BrFNO3/c15-9-4-6-10(7-5-9)20-8-13(19)17-11-2-1-3-12(18)14(11)16/h1-7,18H,8H2,(H,17,19). The molecule has 0 atom stereocenters. The molecule has 2 N–H and O–H groups in total. The van der Waals surface area contributed by atoms with Gasteiger partial charge in [0.25, 0.3) is 5.91 Å². The second-order valence-corrected chi connectivity index (χ2v) is 4.85. The van der Waals surface area contributed by atoms with Gasteiger partial charge in [-0.2, -0.15) is 0 Å². The van der Waals surface area contributed by atoms with Gasteiger partial charge in [-0.05, 0) is 36.4 Å². The van der Waals surface area contributed by atoms with Crippen molar-refractivity contribution in [1.29, 1.82) is 0 Å². The molecule has 2 rings (SSSR count). The summed E-state index contributed by atoms with van der Waals surface area (Å²) in [5.74, 6) is -1.38. The van der Waals surface area contributed by atoms with Crippen LogP contribution in [0.25, 0.3) is 0 Å². The normalized spacial score (nSPS) is 10.1. The highest BCUT2D eigenvalue weighted by molar-refractivity contribution is 9.10. The highest BCUT2D eigenvalue weighted by Crippen LogP contribution is 2.22. The number of ether oxygens (including phenoxy) is 1. The van der Waals surface area contributed by atoms with Crippen molar-refractivity contribution in [2.24, 2.45) is 0 Å². The summed E-state index contributed by atoms with van der Waals surface area (Å²) in [5.41, 5.74) is -0.0885. The number of carbonyl (C=O) groups is 1. The SMILES string of the molecule is O=C(COc1ccc(Br)cc1)Nc1cccc(O)c1F. The zero-order valence-corrected chi connectivity index (χ0v) is 11.9. The molecule has 1 amide bonds. The summed E-state index contributed by atoms with van der Waals surface area (Å²) in [6, 6.07) is 10.9. The minimum atomic E-state index is -0.871. The van der Waals surface area contributed by atoms with E-state index in [1.807, 2.05) is 0 Å².